The summed E-state index contributed by atoms with van der Waals surface area (Å²) in [6, 6.07) is 6.20. The van der Waals surface area contributed by atoms with Crippen molar-refractivity contribution in [2.45, 2.75) is 33.6 Å². The number of aryl methyl sites for hydroxylation is 2. The highest BCUT2D eigenvalue weighted by Gasteiger charge is 2.06. The molecule has 1 aromatic rings. The van der Waals surface area contributed by atoms with Crippen LogP contribution in [0.2, 0.25) is 0 Å². The van der Waals surface area contributed by atoms with Crippen LogP contribution in [0.5, 0.6) is 0 Å². The van der Waals surface area contributed by atoms with E-state index in [-0.39, 0.29) is 5.91 Å². The third kappa shape index (κ3) is 5.21. The summed E-state index contributed by atoms with van der Waals surface area (Å²) in [6.45, 7) is 7.07. The van der Waals surface area contributed by atoms with Crippen molar-refractivity contribution in [1.82, 2.24) is 5.32 Å². The van der Waals surface area contributed by atoms with Crippen LogP contribution < -0.4 is 5.32 Å². The molecule has 1 N–H and O–H groups in total. The molecule has 0 spiro atoms. The first-order valence-corrected chi connectivity index (χ1v) is 7.54. The van der Waals surface area contributed by atoms with Gasteiger partial charge in [0.05, 0.1) is 6.42 Å². The first-order valence-electron chi connectivity index (χ1n) is 6.41. The number of alkyl halides is 1. The predicted molar refractivity (Wildman–Crippen MR) is 80.2 cm³/mol. The Balaban J connectivity index is 2.42. The average molecular weight is 312 g/mol. The lowest BCUT2D eigenvalue weighted by molar-refractivity contribution is -0.120. The number of rotatable bonds is 6. The van der Waals surface area contributed by atoms with Crippen molar-refractivity contribution in [3.63, 3.8) is 0 Å². The van der Waals surface area contributed by atoms with Crippen LogP contribution in [-0.4, -0.2) is 17.8 Å². The van der Waals surface area contributed by atoms with Crippen molar-refractivity contribution in [1.29, 1.82) is 0 Å². The molecule has 0 saturated heterocycles. The molecule has 0 fully saturated rings. The van der Waals surface area contributed by atoms with Crippen LogP contribution in [0, 0.1) is 19.8 Å². The fraction of sp³-hybridized carbons (Fsp3) is 0.533. The van der Waals surface area contributed by atoms with E-state index >= 15 is 0 Å². The van der Waals surface area contributed by atoms with Gasteiger partial charge in [0.25, 0.3) is 0 Å². The van der Waals surface area contributed by atoms with Gasteiger partial charge in [-0.15, -0.1) is 0 Å². The van der Waals surface area contributed by atoms with Crippen LogP contribution in [0.15, 0.2) is 18.2 Å². The minimum absolute atomic E-state index is 0.111. The van der Waals surface area contributed by atoms with Gasteiger partial charge in [-0.2, -0.15) is 0 Å². The van der Waals surface area contributed by atoms with Crippen LogP contribution in [0.25, 0.3) is 0 Å². The summed E-state index contributed by atoms with van der Waals surface area (Å²) in [5.74, 6) is 0.632. The van der Waals surface area contributed by atoms with Crippen LogP contribution in [0.4, 0.5) is 0 Å². The molecule has 18 heavy (non-hydrogen) atoms. The van der Waals surface area contributed by atoms with Crippen molar-refractivity contribution < 1.29 is 4.79 Å². The number of hydrogen-bond acceptors (Lipinski definition) is 1. The summed E-state index contributed by atoms with van der Waals surface area (Å²) in [7, 11) is 0. The zero-order valence-electron chi connectivity index (χ0n) is 11.4. The Morgan fingerprint density at radius 1 is 1.33 bits per heavy atom. The van der Waals surface area contributed by atoms with E-state index in [1.807, 2.05) is 6.07 Å². The van der Waals surface area contributed by atoms with Crippen molar-refractivity contribution in [2.75, 3.05) is 11.9 Å². The fourth-order valence-corrected chi connectivity index (χ4v) is 2.52. The summed E-state index contributed by atoms with van der Waals surface area (Å²) in [4.78, 5) is 11.8. The zero-order chi connectivity index (χ0) is 13.5. The Morgan fingerprint density at radius 3 is 2.67 bits per heavy atom. The first-order chi connectivity index (χ1) is 8.52. The molecular weight excluding hydrogens is 290 g/mol. The van der Waals surface area contributed by atoms with Crippen LogP contribution in [0.1, 0.15) is 30.0 Å². The molecule has 0 saturated carbocycles. The zero-order valence-corrected chi connectivity index (χ0v) is 13.0. The molecule has 0 aromatic heterocycles. The Labute approximate surface area is 118 Å². The third-order valence-corrected chi connectivity index (χ3v) is 3.64. The Morgan fingerprint density at radius 2 is 2.06 bits per heavy atom. The van der Waals surface area contributed by atoms with E-state index in [0.29, 0.717) is 12.3 Å². The molecule has 1 atom stereocenters. The normalized spacial score (nSPS) is 12.2. The van der Waals surface area contributed by atoms with E-state index in [4.69, 9.17) is 0 Å². The van der Waals surface area contributed by atoms with Gasteiger partial charge in [0.2, 0.25) is 5.91 Å². The lowest BCUT2D eigenvalue weighted by Crippen LogP contribution is -2.29. The maximum absolute atomic E-state index is 11.8. The number of carbonyl (C=O) groups is 1. The van der Waals surface area contributed by atoms with Gasteiger partial charge in [0.15, 0.2) is 0 Å². The smallest absolute Gasteiger partial charge is 0.224 e. The largest absolute Gasteiger partial charge is 0.356 e. The van der Waals surface area contributed by atoms with Crippen molar-refractivity contribution >= 4 is 21.8 Å². The molecule has 0 radical (unpaired) electrons. The van der Waals surface area contributed by atoms with E-state index in [1.165, 1.54) is 11.1 Å². The molecule has 1 amide bonds. The van der Waals surface area contributed by atoms with Gasteiger partial charge in [-0.05, 0) is 42.9 Å². The van der Waals surface area contributed by atoms with Crippen LogP contribution in [-0.2, 0) is 11.2 Å². The van der Waals surface area contributed by atoms with Gasteiger partial charge < -0.3 is 5.32 Å². The van der Waals surface area contributed by atoms with Gasteiger partial charge in [0.1, 0.15) is 0 Å². The molecule has 3 heteroatoms. The van der Waals surface area contributed by atoms with Gasteiger partial charge in [-0.3, -0.25) is 4.79 Å². The second-order valence-corrected chi connectivity index (χ2v) is 5.78. The maximum Gasteiger partial charge on any atom is 0.224 e. The highest BCUT2D eigenvalue weighted by atomic mass is 79.9. The van der Waals surface area contributed by atoms with Crippen molar-refractivity contribution in [3.8, 4) is 0 Å². The number of amides is 1. The Kier molecular flexibility index (Phi) is 6.41. The standard InChI is InChI=1S/C15H22BrNO/c1-11(6-7-16)10-17-15(18)9-14-5-4-12(2)13(3)8-14/h4-5,8,11H,6-7,9-10H2,1-3H3,(H,17,18). The molecule has 1 unspecified atom stereocenters. The van der Waals surface area contributed by atoms with Gasteiger partial charge in [-0.1, -0.05) is 41.1 Å². The fourth-order valence-electron chi connectivity index (χ4n) is 1.74. The topological polar surface area (TPSA) is 29.1 Å². The average Bonchev–Trinajstić information content (AvgIpc) is 2.32. The predicted octanol–water partition coefficient (Wildman–Crippen LogP) is 3.38. The van der Waals surface area contributed by atoms with Crippen LogP contribution >= 0.6 is 15.9 Å². The van der Waals surface area contributed by atoms with Crippen molar-refractivity contribution in [3.05, 3.63) is 34.9 Å². The first kappa shape index (κ1) is 15.2. The Hall–Kier alpha value is -0.830. The number of benzene rings is 1. The van der Waals surface area contributed by atoms with E-state index in [1.54, 1.807) is 0 Å². The van der Waals surface area contributed by atoms with E-state index in [0.717, 1.165) is 23.9 Å². The molecule has 1 aromatic carbocycles. The highest BCUT2D eigenvalue weighted by Crippen LogP contribution is 2.10. The molecule has 0 bridgehead atoms. The lowest BCUT2D eigenvalue weighted by atomic mass is 10.0. The molecular formula is C15H22BrNO. The summed E-state index contributed by atoms with van der Waals surface area (Å²) in [5.41, 5.74) is 3.60. The molecule has 0 heterocycles. The molecule has 1 rings (SSSR count). The highest BCUT2D eigenvalue weighted by molar-refractivity contribution is 9.09. The second kappa shape index (κ2) is 7.57. The minimum Gasteiger partial charge on any atom is -0.356 e. The quantitative estimate of drug-likeness (QED) is 0.802. The third-order valence-electron chi connectivity index (χ3n) is 3.19. The van der Waals surface area contributed by atoms with Gasteiger partial charge in [-0.25, -0.2) is 0 Å². The molecule has 0 aliphatic heterocycles. The summed E-state index contributed by atoms with van der Waals surface area (Å²) in [6.07, 6.45) is 1.56. The SMILES string of the molecule is Cc1ccc(CC(=O)NCC(C)CCBr)cc1C. The molecule has 100 valence electrons. The molecule has 2 nitrogen and oxygen atoms in total. The summed E-state index contributed by atoms with van der Waals surface area (Å²) < 4.78 is 0. The van der Waals surface area contributed by atoms with Gasteiger partial charge in [0, 0.05) is 11.9 Å². The minimum atomic E-state index is 0.111. The van der Waals surface area contributed by atoms with Crippen molar-refractivity contribution in [2.24, 2.45) is 5.92 Å². The van der Waals surface area contributed by atoms with E-state index in [2.05, 4.69) is 54.2 Å². The number of hydrogen-bond donors (Lipinski definition) is 1. The Bertz CT molecular complexity index is 403. The number of halogens is 1. The molecule has 0 aliphatic carbocycles. The monoisotopic (exact) mass is 311 g/mol. The second-order valence-electron chi connectivity index (χ2n) is 4.98. The lowest BCUT2D eigenvalue weighted by Gasteiger charge is -2.11. The van der Waals surface area contributed by atoms with Crippen LogP contribution in [0.3, 0.4) is 0 Å². The van der Waals surface area contributed by atoms with E-state index < -0.39 is 0 Å². The summed E-state index contributed by atoms with van der Waals surface area (Å²) in [5, 5.41) is 3.98. The number of nitrogens with one attached hydrogen (secondary N) is 1. The van der Waals surface area contributed by atoms with Gasteiger partial charge >= 0.3 is 0 Å². The maximum atomic E-state index is 11.8. The van der Waals surface area contributed by atoms with E-state index in [9.17, 15) is 4.79 Å². The number of carbonyl (C=O) groups excluding carboxylic acids is 1. The summed E-state index contributed by atoms with van der Waals surface area (Å²) >= 11 is 3.41. The molecule has 0 aliphatic rings.